The molecular formula is C21H25NO3. The second-order valence-electron chi connectivity index (χ2n) is 6.55. The Morgan fingerprint density at radius 3 is 2.52 bits per heavy atom. The number of likely N-dealkylation sites (tertiary alicyclic amines) is 1. The second-order valence-corrected chi connectivity index (χ2v) is 6.55. The molecule has 1 heterocycles. The molecule has 0 spiro atoms. The highest BCUT2D eigenvalue weighted by atomic mass is 16.5. The molecule has 3 rings (SSSR count). The van der Waals surface area contributed by atoms with Crippen molar-refractivity contribution in [2.75, 3.05) is 13.2 Å². The second kappa shape index (κ2) is 8.67. The maximum absolute atomic E-state index is 11.4. The summed E-state index contributed by atoms with van der Waals surface area (Å²) in [5.41, 5.74) is 2.40. The minimum atomic E-state index is -0.708. The summed E-state index contributed by atoms with van der Waals surface area (Å²) >= 11 is 0. The molecule has 132 valence electrons. The lowest BCUT2D eigenvalue weighted by atomic mass is 10.0. The molecule has 1 unspecified atom stereocenters. The van der Waals surface area contributed by atoms with Gasteiger partial charge in [0.2, 0.25) is 0 Å². The van der Waals surface area contributed by atoms with Crippen LogP contribution in [0.5, 0.6) is 5.75 Å². The molecule has 0 aliphatic carbocycles. The molecule has 1 saturated heterocycles. The lowest BCUT2D eigenvalue weighted by Crippen LogP contribution is -2.43. The fourth-order valence-corrected chi connectivity index (χ4v) is 3.32. The van der Waals surface area contributed by atoms with Crippen LogP contribution in [0.3, 0.4) is 0 Å². The smallest absolute Gasteiger partial charge is 0.320 e. The van der Waals surface area contributed by atoms with E-state index in [1.807, 2.05) is 42.5 Å². The van der Waals surface area contributed by atoms with Gasteiger partial charge in [0.25, 0.3) is 0 Å². The zero-order valence-corrected chi connectivity index (χ0v) is 14.4. The van der Waals surface area contributed by atoms with Crippen molar-refractivity contribution < 1.29 is 14.6 Å². The van der Waals surface area contributed by atoms with Crippen LogP contribution in [0, 0.1) is 0 Å². The molecule has 2 aromatic carbocycles. The molecule has 25 heavy (non-hydrogen) atoms. The molecule has 0 amide bonds. The van der Waals surface area contributed by atoms with Crippen LogP contribution < -0.4 is 4.74 Å². The minimum absolute atomic E-state index is 0.351. The number of piperidine rings is 1. The monoisotopic (exact) mass is 339 g/mol. The van der Waals surface area contributed by atoms with E-state index in [-0.39, 0.29) is 6.04 Å². The third-order valence-corrected chi connectivity index (χ3v) is 4.71. The number of aliphatic carboxylic acids is 1. The summed E-state index contributed by atoms with van der Waals surface area (Å²) in [5, 5.41) is 9.36. The first-order chi connectivity index (χ1) is 12.2. The first-order valence-electron chi connectivity index (χ1n) is 8.95. The van der Waals surface area contributed by atoms with Crippen LogP contribution in [-0.4, -0.2) is 35.2 Å². The summed E-state index contributed by atoms with van der Waals surface area (Å²) in [7, 11) is 0. The molecule has 1 atom stereocenters. The number of carboxylic acids is 1. The topological polar surface area (TPSA) is 49.8 Å². The van der Waals surface area contributed by atoms with Crippen LogP contribution in [-0.2, 0) is 17.8 Å². The lowest BCUT2D eigenvalue weighted by Gasteiger charge is -2.32. The van der Waals surface area contributed by atoms with Gasteiger partial charge in [0, 0.05) is 13.0 Å². The minimum Gasteiger partial charge on any atom is -0.493 e. The highest BCUT2D eigenvalue weighted by Crippen LogP contribution is 2.21. The van der Waals surface area contributed by atoms with Crippen molar-refractivity contribution in [2.24, 2.45) is 0 Å². The lowest BCUT2D eigenvalue weighted by molar-refractivity contribution is -0.144. The Morgan fingerprint density at radius 1 is 1.04 bits per heavy atom. The maximum Gasteiger partial charge on any atom is 0.320 e. The van der Waals surface area contributed by atoms with E-state index in [1.54, 1.807) is 0 Å². The highest BCUT2D eigenvalue weighted by molar-refractivity contribution is 5.73. The molecule has 2 aromatic rings. The zero-order chi connectivity index (χ0) is 17.5. The van der Waals surface area contributed by atoms with Gasteiger partial charge in [0.05, 0.1) is 6.61 Å². The van der Waals surface area contributed by atoms with Crippen molar-refractivity contribution in [2.45, 2.75) is 38.3 Å². The number of rotatable bonds is 7. The van der Waals surface area contributed by atoms with Crippen molar-refractivity contribution in [3.05, 3.63) is 65.7 Å². The number of nitrogens with zero attached hydrogens (tertiary/aromatic N) is 1. The zero-order valence-electron chi connectivity index (χ0n) is 14.4. The summed E-state index contributed by atoms with van der Waals surface area (Å²) in [4.78, 5) is 13.4. The Hall–Kier alpha value is -2.33. The Balaban J connectivity index is 1.50. The normalized spacial score (nSPS) is 18.0. The van der Waals surface area contributed by atoms with Gasteiger partial charge in [-0.1, -0.05) is 48.9 Å². The summed E-state index contributed by atoms with van der Waals surface area (Å²) in [6.45, 7) is 2.18. The highest BCUT2D eigenvalue weighted by Gasteiger charge is 2.28. The van der Waals surface area contributed by atoms with E-state index < -0.39 is 5.97 Å². The molecular weight excluding hydrogens is 314 g/mol. The third-order valence-electron chi connectivity index (χ3n) is 4.71. The van der Waals surface area contributed by atoms with Gasteiger partial charge in [-0.2, -0.15) is 0 Å². The van der Waals surface area contributed by atoms with E-state index in [4.69, 9.17) is 4.74 Å². The van der Waals surface area contributed by atoms with Crippen LogP contribution in [0.2, 0.25) is 0 Å². The number of carboxylic acid groups (broad SMARTS) is 1. The van der Waals surface area contributed by atoms with Gasteiger partial charge < -0.3 is 9.84 Å². The number of carbonyl (C=O) groups is 1. The molecule has 1 aliphatic rings. The summed E-state index contributed by atoms with van der Waals surface area (Å²) in [5.74, 6) is 0.147. The third kappa shape index (κ3) is 5.07. The molecule has 4 nitrogen and oxygen atoms in total. The van der Waals surface area contributed by atoms with Gasteiger partial charge in [-0.3, -0.25) is 9.69 Å². The number of hydrogen-bond acceptors (Lipinski definition) is 3. The molecule has 1 aliphatic heterocycles. The Labute approximate surface area is 149 Å². The van der Waals surface area contributed by atoms with Crippen molar-refractivity contribution >= 4 is 5.97 Å². The van der Waals surface area contributed by atoms with Gasteiger partial charge in [-0.15, -0.1) is 0 Å². The summed E-state index contributed by atoms with van der Waals surface area (Å²) in [6, 6.07) is 17.9. The van der Waals surface area contributed by atoms with Gasteiger partial charge >= 0.3 is 5.97 Å². The molecule has 0 bridgehead atoms. The molecule has 4 heteroatoms. The average molecular weight is 339 g/mol. The predicted octanol–water partition coefficient (Wildman–Crippen LogP) is 3.75. The van der Waals surface area contributed by atoms with Crippen molar-refractivity contribution in [1.82, 2.24) is 4.90 Å². The molecule has 0 saturated carbocycles. The van der Waals surface area contributed by atoms with Crippen molar-refractivity contribution in [3.63, 3.8) is 0 Å². The van der Waals surface area contributed by atoms with E-state index >= 15 is 0 Å². The number of ether oxygens (including phenoxy) is 1. The molecule has 1 fully saturated rings. The largest absolute Gasteiger partial charge is 0.493 e. The maximum atomic E-state index is 11.4. The quantitative estimate of drug-likeness (QED) is 0.835. The van der Waals surface area contributed by atoms with E-state index in [1.165, 1.54) is 5.56 Å². The van der Waals surface area contributed by atoms with E-state index in [0.717, 1.165) is 43.5 Å². The van der Waals surface area contributed by atoms with Gasteiger partial charge in [-0.05, 0) is 42.6 Å². The summed E-state index contributed by atoms with van der Waals surface area (Å²) in [6.07, 6.45) is 3.71. The Kier molecular flexibility index (Phi) is 6.07. The SMILES string of the molecule is O=C(O)C1CCCCN1Cc1ccc(OCCc2ccccc2)cc1. The van der Waals surface area contributed by atoms with Crippen LogP contribution >= 0.6 is 0 Å². The fraction of sp³-hybridized carbons (Fsp3) is 0.381. The molecule has 1 N–H and O–H groups in total. The first-order valence-corrected chi connectivity index (χ1v) is 8.95. The van der Waals surface area contributed by atoms with Crippen LogP contribution in [0.1, 0.15) is 30.4 Å². The van der Waals surface area contributed by atoms with E-state index in [9.17, 15) is 9.90 Å². The van der Waals surface area contributed by atoms with E-state index in [2.05, 4.69) is 17.0 Å². The van der Waals surface area contributed by atoms with Gasteiger partial charge in [-0.25, -0.2) is 0 Å². The Bertz CT molecular complexity index is 669. The van der Waals surface area contributed by atoms with Crippen LogP contribution in [0.25, 0.3) is 0 Å². The van der Waals surface area contributed by atoms with Gasteiger partial charge in [0.1, 0.15) is 11.8 Å². The number of benzene rings is 2. The summed E-state index contributed by atoms with van der Waals surface area (Å²) < 4.78 is 5.81. The average Bonchev–Trinajstić information content (AvgIpc) is 2.64. The Morgan fingerprint density at radius 2 is 1.80 bits per heavy atom. The van der Waals surface area contributed by atoms with Crippen molar-refractivity contribution in [1.29, 1.82) is 0 Å². The van der Waals surface area contributed by atoms with Crippen LogP contribution in [0.4, 0.5) is 0 Å². The predicted molar refractivity (Wildman–Crippen MR) is 97.8 cm³/mol. The molecule has 0 radical (unpaired) electrons. The first kappa shape index (κ1) is 17.5. The fourth-order valence-electron chi connectivity index (χ4n) is 3.32. The van der Waals surface area contributed by atoms with E-state index in [0.29, 0.717) is 13.2 Å². The molecule has 0 aromatic heterocycles. The van der Waals surface area contributed by atoms with Gasteiger partial charge in [0.15, 0.2) is 0 Å². The number of hydrogen-bond donors (Lipinski definition) is 1. The van der Waals surface area contributed by atoms with Crippen LogP contribution in [0.15, 0.2) is 54.6 Å². The van der Waals surface area contributed by atoms with Crippen molar-refractivity contribution in [3.8, 4) is 5.75 Å². The standard InChI is InChI=1S/C21H25NO3/c23-21(24)20-8-4-5-14-22(20)16-18-9-11-19(12-10-18)25-15-13-17-6-2-1-3-7-17/h1-3,6-7,9-12,20H,4-5,8,13-16H2,(H,23,24).